The highest BCUT2D eigenvalue weighted by Gasteiger charge is 2.08. The van der Waals surface area contributed by atoms with Crippen LogP contribution in [0.25, 0.3) is 4.96 Å². The van der Waals surface area contributed by atoms with E-state index in [1.165, 1.54) is 21.8 Å². The van der Waals surface area contributed by atoms with Crippen LogP contribution < -0.4 is 5.56 Å². The van der Waals surface area contributed by atoms with Crippen molar-refractivity contribution in [1.29, 1.82) is 0 Å². The van der Waals surface area contributed by atoms with Gasteiger partial charge in [-0.05, 0) is 0 Å². The Morgan fingerprint density at radius 1 is 1.53 bits per heavy atom. The summed E-state index contributed by atoms with van der Waals surface area (Å²) >= 11 is 1.30. The van der Waals surface area contributed by atoms with Crippen LogP contribution in [0.3, 0.4) is 0 Å². The highest BCUT2D eigenvalue weighted by Crippen LogP contribution is 2.07. The van der Waals surface area contributed by atoms with Crippen molar-refractivity contribution < 1.29 is 8.42 Å². The number of aromatic nitrogens is 2. The largest absolute Gasteiger partial charge is 0.269 e. The van der Waals surface area contributed by atoms with E-state index in [-0.39, 0.29) is 11.3 Å². The van der Waals surface area contributed by atoms with Crippen LogP contribution in [0.2, 0.25) is 0 Å². The molecule has 5 nitrogen and oxygen atoms in total. The van der Waals surface area contributed by atoms with Crippen LogP contribution in [0.5, 0.6) is 0 Å². The molecule has 0 atom stereocenters. The summed E-state index contributed by atoms with van der Waals surface area (Å²) in [6.45, 7) is 0. The summed E-state index contributed by atoms with van der Waals surface area (Å²) in [6.07, 6.45) is 2.73. The third-order valence-electron chi connectivity index (χ3n) is 1.77. The molecule has 2 aromatic rings. The van der Waals surface area contributed by atoms with Gasteiger partial charge in [0.15, 0.2) is 14.8 Å². The van der Waals surface area contributed by atoms with E-state index >= 15 is 0 Å². The molecule has 0 aliphatic carbocycles. The Bertz CT molecular complexity index is 654. The van der Waals surface area contributed by atoms with E-state index in [1.807, 2.05) is 0 Å². The monoisotopic (exact) mass is 244 g/mol. The third kappa shape index (κ3) is 2.24. The molecule has 0 aliphatic heterocycles. The minimum Gasteiger partial charge on any atom is -0.269 e. The number of sulfone groups is 1. The van der Waals surface area contributed by atoms with Gasteiger partial charge in [-0.2, -0.15) is 0 Å². The minimum atomic E-state index is -3.15. The number of hydrogen-bond acceptors (Lipinski definition) is 5. The average molecular weight is 244 g/mol. The quantitative estimate of drug-likeness (QED) is 0.762. The number of thiazole rings is 1. The summed E-state index contributed by atoms with van der Waals surface area (Å²) < 4.78 is 23.5. The molecule has 2 heterocycles. The third-order valence-corrected chi connectivity index (χ3v) is 3.34. The summed E-state index contributed by atoms with van der Waals surface area (Å²) in [4.78, 5) is 16.1. The van der Waals surface area contributed by atoms with E-state index in [1.54, 1.807) is 11.6 Å². The van der Waals surface area contributed by atoms with Crippen molar-refractivity contribution in [2.45, 2.75) is 5.75 Å². The molecule has 7 heteroatoms. The Morgan fingerprint density at radius 3 is 2.93 bits per heavy atom. The molecule has 2 rings (SSSR count). The average Bonchev–Trinajstić information content (AvgIpc) is 2.48. The van der Waals surface area contributed by atoms with Gasteiger partial charge in [0.25, 0.3) is 5.56 Å². The highest BCUT2D eigenvalue weighted by atomic mass is 32.2. The van der Waals surface area contributed by atoms with Crippen molar-refractivity contribution >= 4 is 26.1 Å². The van der Waals surface area contributed by atoms with E-state index in [9.17, 15) is 13.2 Å². The SMILES string of the molecule is CS(=O)(=O)Cc1cc(=O)n2ccsc2n1. The number of nitrogens with zero attached hydrogens (tertiary/aromatic N) is 2. The Kier molecular flexibility index (Phi) is 2.35. The van der Waals surface area contributed by atoms with Gasteiger partial charge in [-0.15, -0.1) is 11.3 Å². The first kappa shape index (κ1) is 10.3. The molecule has 0 saturated carbocycles. The standard InChI is InChI=1S/C8H8N2O3S2/c1-15(12,13)5-6-4-7(11)10-2-3-14-8(10)9-6/h2-4H,5H2,1H3. The Hall–Kier alpha value is -1.21. The molecule has 0 aliphatic rings. The molecule has 0 radical (unpaired) electrons. The number of rotatable bonds is 2. The van der Waals surface area contributed by atoms with Gasteiger partial charge in [0.1, 0.15) is 0 Å². The molecular formula is C8H8N2O3S2. The Labute approximate surface area is 89.9 Å². The Balaban J connectivity index is 2.59. The molecule has 0 bridgehead atoms. The van der Waals surface area contributed by atoms with Gasteiger partial charge in [-0.3, -0.25) is 9.20 Å². The second-order valence-electron chi connectivity index (χ2n) is 3.21. The van der Waals surface area contributed by atoms with Crippen molar-refractivity contribution in [2.24, 2.45) is 0 Å². The van der Waals surface area contributed by atoms with Gasteiger partial charge < -0.3 is 0 Å². The second-order valence-corrected chi connectivity index (χ2v) is 6.22. The van der Waals surface area contributed by atoms with Crippen LogP contribution >= 0.6 is 11.3 Å². The summed E-state index contributed by atoms with van der Waals surface area (Å²) in [6, 6.07) is 1.25. The van der Waals surface area contributed by atoms with Gasteiger partial charge in [0, 0.05) is 23.9 Å². The van der Waals surface area contributed by atoms with E-state index in [0.29, 0.717) is 10.7 Å². The highest BCUT2D eigenvalue weighted by molar-refractivity contribution is 7.89. The fraction of sp³-hybridized carbons (Fsp3) is 0.250. The summed E-state index contributed by atoms with van der Waals surface area (Å²) in [7, 11) is -3.15. The van der Waals surface area contributed by atoms with Crippen molar-refractivity contribution in [2.75, 3.05) is 6.26 Å². The second kappa shape index (κ2) is 3.42. The summed E-state index contributed by atoms with van der Waals surface area (Å²) in [5.74, 6) is -0.198. The van der Waals surface area contributed by atoms with Crippen LogP contribution in [-0.2, 0) is 15.6 Å². The lowest BCUT2D eigenvalue weighted by atomic mass is 10.4. The topological polar surface area (TPSA) is 68.5 Å². The number of hydrogen-bond donors (Lipinski definition) is 0. The van der Waals surface area contributed by atoms with Gasteiger partial charge >= 0.3 is 0 Å². The van der Waals surface area contributed by atoms with Crippen LogP contribution in [0, 0.1) is 0 Å². The van der Waals surface area contributed by atoms with E-state index in [0.717, 1.165) is 6.26 Å². The van der Waals surface area contributed by atoms with Crippen molar-refractivity contribution in [3.63, 3.8) is 0 Å². The molecule has 0 spiro atoms. The van der Waals surface area contributed by atoms with Crippen LogP contribution in [0.15, 0.2) is 22.4 Å². The van der Waals surface area contributed by atoms with Crippen LogP contribution in [0.4, 0.5) is 0 Å². The first-order valence-corrected chi connectivity index (χ1v) is 7.03. The lowest BCUT2D eigenvalue weighted by molar-refractivity contribution is 0.600. The Morgan fingerprint density at radius 2 is 2.27 bits per heavy atom. The summed E-state index contributed by atoms with van der Waals surface area (Å²) in [5.41, 5.74) is 0.0462. The van der Waals surface area contributed by atoms with Crippen LogP contribution in [0.1, 0.15) is 5.69 Å². The molecule has 15 heavy (non-hydrogen) atoms. The maximum Gasteiger partial charge on any atom is 0.258 e. The molecule has 2 aromatic heterocycles. The molecule has 0 amide bonds. The van der Waals surface area contributed by atoms with Crippen LogP contribution in [-0.4, -0.2) is 24.1 Å². The molecule has 0 N–H and O–H groups in total. The lowest BCUT2D eigenvalue weighted by Crippen LogP contribution is -2.14. The smallest absolute Gasteiger partial charge is 0.258 e. The van der Waals surface area contributed by atoms with Gasteiger partial charge in [0.2, 0.25) is 0 Å². The van der Waals surface area contributed by atoms with Gasteiger partial charge in [-0.25, -0.2) is 13.4 Å². The zero-order valence-corrected chi connectivity index (χ0v) is 9.51. The molecular weight excluding hydrogens is 236 g/mol. The number of fused-ring (bicyclic) bond motifs is 1. The van der Waals surface area contributed by atoms with E-state index < -0.39 is 9.84 Å². The van der Waals surface area contributed by atoms with Gasteiger partial charge in [0.05, 0.1) is 11.4 Å². The maximum absolute atomic E-state index is 11.5. The summed E-state index contributed by atoms with van der Waals surface area (Å²) in [5, 5.41) is 1.73. The van der Waals surface area contributed by atoms with E-state index in [4.69, 9.17) is 0 Å². The van der Waals surface area contributed by atoms with Crippen molar-refractivity contribution in [3.8, 4) is 0 Å². The molecule has 0 saturated heterocycles. The first-order chi connectivity index (χ1) is 6.96. The van der Waals surface area contributed by atoms with E-state index in [2.05, 4.69) is 4.98 Å². The predicted molar refractivity (Wildman–Crippen MR) is 57.9 cm³/mol. The molecule has 0 aromatic carbocycles. The molecule has 0 fully saturated rings. The molecule has 0 unspecified atom stereocenters. The van der Waals surface area contributed by atoms with Crippen molar-refractivity contribution in [3.05, 3.63) is 33.7 Å². The molecule has 80 valence electrons. The fourth-order valence-corrected chi connectivity index (χ4v) is 2.65. The van der Waals surface area contributed by atoms with Crippen molar-refractivity contribution in [1.82, 2.24) is 9.38 Å². The fourth-order valence-electron chi connectivity index (χ4n) is 1.23. The maximum atomic E-state index is 11.5. The lowest BCUT2D eigenvalue weighted by Gasteiger charge is -1.98. The normalized spacial score (nSPS) is 12.1. The first-order valence-electron chi connectivity index (χ1n) is 4.09. The zero-order valence-electron chi connectivity index (χ0n) is 7.87. The predicted octanol–water partition coefficient (Wildman–Crippen LogP) is 0.301. The zero-order chi connectivity index (χ0) is 11.1. The minimum absolute atomic E-state index is 0.198. The van der Waals surface area contributed by atoms with Gasteiger partial charge in [-0.1, -0.05) is 0 Å².